The fraction of sp³-hybridized carbons (Fsp3) is 0. The molecule has 0 bridgehead atoms. The molecule has 1 heterocycles. The predicted octanol–water partition coefficient (Wildman–Crippen LogP) is 16.7. The van der Waals surface area contributed by atoms with Crippen molar-refractivity contribution in [2.24, 2.45) is 0 Å². The number of benzene rings is 11. The van der Waals surface area contributed by atoms with Crippen molar-refractivity contribution in [2.45, 2.75) is 0 Å². The first-order chi connectivity index (χ1) is 30.8. The Kier molecular flexibility index (Phi) is 8.53. The van der Waals surface area contributed by atoms with Crippen LogP contribution in [0.5, 0.6) is 0 Å². The molecule has 12 aromatic rings. The Balaban J connectivity index is 1.03. The summed E-state index contributed by atoms with van der Waals surface area (Å²) in [5.41, 5.74) is 14.0. The van der Waals surface area contributed by atoms with Gasteiger partial charge in [0.05, 0.1) is 16.7 Å². The molecular weight excluding hydrogens is 749 g/mol. The van der Waals surface area contributed by atoms with Gasteiger partial charge in [-0.1, -0.05) is 188 Å². The second-order valence-corrected chi connectivity index (χ2v) is 16.1. The van der Waals surface area contributed by atoms with Gasteiger partial charge in [-0.3, -0.25) is 0 Å². The third-order valence-electron chi connectivity index (χ3n) is 12.5. The van der Waals surface area contributed by atoms with Gasteiger partial charge in [0, 0.05) is 38.8 Å². The molecule has 2 nitrogen and oxygen atoms in total. The van der Waals surface area contributed by atoms with Crippen LogP contribution >= 0.6 is 0 Å². The number of para-hydroxylation sites is 2. The molecule has 0 amide bonds. The van der Waals surface area contributed by atoms with Crippen LogP contribution in [0.4, 0.5) is 17.1 Å². The predicted molar refractivity (Wildman–Crippen MR) is 264 cm³/mol. The Morgan fingerprint density at radius 3 is 1.74 bits per heavy atom. The molecule has 0 N–H and O–H groups in total. The molecule has 11 aromatic carbocycles. The van der Waals surface area contributed by atoms with Gasteiger partial charge in [-0.2, -0.15) is 0 Å². The number of nitrogens with zero attached hydrogens (tertiary/aromatic N) is 2. The summed E-state index contributed by atoms with van der Waals surface area (Å²) < 4.78 is 2.45. The number of hydrogen-bond donors (Lipinski definition) is 0. The van der Waals surface area contributed by atoms with E-state index in [9.17, 15) is 0 Å². The molecule has 0 radical (unpaired) electrons. The van der Waals surface area contributed by atoms with E-state index in [0.717, 1.165) is 28.3 Å². The van der Waals surface area contributed by atoms with E-state index in [1.165, 1.54) is 81.9 Å². The highest BCUT2D eigenvalue weighted by molar-refractivity contribution is 6.22. The first-order valence-electron chi connectivity index (χ1n) is 21.3. The molecule has 0 unspecified atom stereocenters. The maximum atomic E-state index is 2.45. The van der Waals surface area contributed by atoms with Gasteiger partial charge < -0.3 is 9.47 Å². The van der Waals surface area contributed by atoms with Gasteiger partial charge in [-0.05, 0) is 109 Å². The van der Waals surface area contributed by atoms with Gasteiger partial charge in [-0.25, -0.2) is 0 Å². The lowest BCUT2D eigenvalue weighted by Gasteiger charge is -2.28. The van der Waals surface area contributed by atoms with Crippen molar-refractivity contribution in [2.75, 3.05) is 4.90 Å². The zero-order chi connectivity index (χ0) is 41.0. The topological polar surface area (TPSA) is 8.17 Å². The van der Waals surface area contributed by atoms with Crippen LogP contribution in [0.2, 0.25) is 0 Å². The van der Waals surface area contributed by atoms with E-state index >= 15 is 0 Å². The van der Waals surface area contributed by atoms with Crippen LogP contribution in [-0.4, -0.2) is 4.57 Å². The average Bonchev–Trinajstić information content (AvgIpc) is 3.70. The summed E-state index contributed by atoms with van der Waals surface area (Å²) in [4.78, 5) is 2.42. The van der Waals surface area contributed by atoms with Crippen LogP contribution < -0.4 is 4.90 Å². The van der Waals surface area contributed by atoms with E-state index in [0.29, 0.717) is 0 Å². The van der Waals surface area contributed by atoms with Gasteiger partial charge in [0.1, 0.15) is 0 Å². The smallest absolute Gasteiger partial charge is 0.0619 e. The fourth-order valence-corrected chi connectivity index (χ4v) is 9.68. The summed E-state index contributed by atoms with van der Waals surface area (Å²) in [6, 6.07) is 88.5. The van der Waals surface area contributed by atoms with Crippen molar-refractivity contribution in [3.8, 4) is 39.1 Å². The molecule has 0 fully saturated rings. The summed E-state index contributed by atoms with van der Waals surface area (Å²) in [7, 11) is 0. The van der Waals surface area contributed by atoms with Gasteiger partial charge in [0.15, 0.2) is 0 Å². The van der Waals surface area contributed by atoms with E-state index in [1.54, 1.807) is 0 Å². The van der Waals surface area contributed by atoms with Crippen LogP contribution in [0.3, 0.4) is 0 Å². The van der Waals surface area contributed by atoms with Crippen LogP contribution in [0.15, 0.2) is 243 Å². The molecule has 0 atom stereocenters. The summed E-state index contributed by atoms with van der Waals surface area (Å²) in [6.45, 7) is 0. The van der Waals surface area contributed by atoms with Gasteiger partial charge in [-0.15, -0.1) is 0 Å². The normalized spacial score (nSPS) is 11.5. The molecule has 0 spiro atoms. The average molecular weight is 789 g/mol. The Hall–Kier alpha value is -8.20. The summed E-state index contributed by atoms with van der Waals surface area (Å²) in [5, 5.41) is 10.0. The maximum Gasteiger partial charge on any atom is 0.0619 e. The number of aromatic nitrogens is 1. The van der Waals surface area contributed by atoms with Crippen LogP contribution in [0.1, 0.15) is 0 Å². The van der Waals surface area contributed by atoms with Gasteiger partial charge >= 0.3 is 0 Å². The minimum Gasteiger partial charge on any atom is -0.310 e. The molecule has 62 heavy (non-hydrogen) atoms. The highest BCUT2D eigenvalue weighted by Crippen LogP contribution is 2.45. The summed E-state index contributed by atoms with van der Waals surface area (Å²) >= 11 is 0. The molecular formula is C60H40N2. The molecule has 0 aliphatic heterocycles. The summed E-state index contributed by atoms with van der Waals surface area (Å²) in [6.07, 6.45) is 0. The minimum absolute atomic E-state index is 1.09. The molecule has 0 aliphatic rings. The zero-order valence-electron chi connectivity index (χ0n) is 34.0. The molecule has 0 aliphatic carbocycles. The zero-order valence-corrected chi connectivity index (χ0v) is 34.0. The number of fused-ring (bicyclic) bond motifs is 8. The third kappa shape index (κ3) is 5.96. The van der Waals surface area contributed by atoms with E-state index in [1.807, 2.05) is 0 Å². The highest BCUT2D eigenvalue weighted by Gasteiger charge is 2.21. The van der Waals surface area contributed by atoms with Crippen molar-refractivity contribution >= 4 is 71.2 Å². The minimum atomic E-state index is 1.09. The lowest BCUT2D eigenvalue weighted by Crippen LogP contribution is -2.11. The Morgan fingerprint density at radius 1 is 0.306 bits per heavy atom. The lowest BCUT2D eigenvalue weighted by atomic mass is 9.96. The first kappa shape index (κ1) is 35.7. The second kappa shape index (κ2) is 14.8. The number of hydrogen-bond acceptors (Lipinski definition) is 1. The van der Waals surface area contributed by atoms with Crippen LogP contribution in [0, 0.1) is 0 Å². The molecule has 12 rings (SSSR count). The van der Waals surface area contributed by atoms with Crippen molar-refractivity contribution in [3.05, 3.63) is 243 Å². The second-order valence-electron chi connectivity index (χ2n) is 16.1. The van der Waals surface area contributed by atoms with E-state index in [4.69, 9.17) is 0 Å². The van der Waals surface area contributed by atoms with Gasteiger partial charge in [0.2, 0.25) is 0 Å². The highest BCUT2D eigenvalue weighted by atomic mass is 15.1. The Bertz CT molecular complexity index is 3620. The number of anilines is 3. The summed E-state index contributed by atoms with van der Waals surface area (Å²) in [5.74, 6) is 0. The van der Waals surface area contributed by atoms with E-state index in [-0.39, 0.29) is 0 Å². The Labute approximate surface area is 360 Å². The molecule has 0 saturated carbocycles. The van der Waals surface area contributed by atoms with Crippen molar-refractivity contribution < 1.29 is 0 Å². The maximum absolute atomic E-state index is 2.45. The van der Waals surface area contributed by atoms with Crippen molar-refractivity contribution in [1.82, 2.24) is 4.57 Å². The molecule has 2 heteroatoms. The molecule has 290 valence electrons. The third-order valence-corrected chi connectivity index (χ3v) is 12.5. The SMILES string of the molecule is c1ccc(-c2ccccc2N(c2ccc(-c3ccc4c(ccc5ccccc54)c3)cc2)c2cccc(-c3cccc4c3c3ccc5ccccc5c3n4-c3ccccc3)c2)cc1. The van der Waals surface area contributed by atoms with Crippen LogP contribution in [0.25, 0.3) is 93.2 Å². The standard InChI is InChI=1S/C60H40N2/c1-3-15-42(16-4-1)53-24-11-12-27-57(53)61(49-35-31-41(32-36-49)45-34-37-52-47(39-45)30-29-43-17-7-9-23-51(43)52)50-22-13-19-46(40-50)54-26-14-28-58-59(54)56-38-33-44-18-8-10-25-55(44)60(56)62(58)48-20-5-2-6-21-48/h1-40H. The van der Waals surface area contributed by atoms with Crippen molar-refractivity contribution in [3.63, 3.8) is 0 Å². The Morgan fingerprint density at radius 2 is 0.903 bits per heavy atom. The first-order valence-corrected chi connectivity index (χ1v) is 21.3. The quantitative estimate of drug-likeness (QED) is 0.146. The van der Waals surface area contributed by atoms with Gasteiger partial charge in [0.25, 0.3) is 0 Å². The lowest BCUT2D eigenvalue weighted by molar-refractivity contribution is 1.19. The number of rotatable bonds is 7. The largest absolute Gasteiger partial charge is 0.310 e. The van der Waals surface area contributed by atoms with Crippen LogP contribution in [-0.2, 0) is 0 Å². The van der Waals surface area contributed by atoms with E-state index < -0.39 is 0 Å². The monoisotopic (exact) mass is 788 g/mol. The van der Waals surface area contributed by atoms with Crippen molar-refractivity contribution in [1.29, 1.82) is 0 Å². The molecule has 1 aromatic heterocycles. The molecule has 0 saturated heterocycles. The fourth-order valence-electron chi connectivity index (χ4n) is 9.68. The van der Waals surface area contributed by atoms with E-state index in [2.05, 4.69) is 252 Å².